The van der Waals surface area contributed by atoms with Crippen molar-refractivity contribution in [2.24, 2.45) is 46.7 Å². The third kappa shape index (κ3) is 1.70. The van der Waals surface area contributed by atoms with Gasteiger partial charge in [-0.15, -0.1) is 0 Å². The van der Waals surface area contributed by atoms with Crippen LogP contribution in [0.4, 0.5) is 9.18 Å². The van der Waals surface area contributed by atoms with E-state index in [9.17, 15) is 19.2 Å². The summed E-state index contributed by atoms with van der Waals surface area (Å²) in [7, 11) is 0. The van der Waals surface area contributed by atoms with Gasteiger partial charge >= 0.3 is 6.03 Å². The van der Waals surface area contributed by atoms with Crippen LogP contribution in [-0.2, 0) is 13.1 Å². The van der Waals surface area contributed by atoms with E-state index < -0.39 is 11.7 Å². The van der Waals surface area contributed by atoms with Crippen LogP contribution in [0.25, 0.3) is 11.3 Å². The van der Waals surface area contributed by atoms with Crippen LogP contribution in [0.3, 0.4) is 0 Å². The van der Waals surface area contributed by atoms with Gasteiger partial charge in [0.25, 0.3) is 5.91 Å². The Labute approximate surface area is 198 Å². The first-order chi connectivity index (χ1) is 16.3. The van der Waals surface area contributed by atoms with Crippen LogP contribution < -0.4 is 11.1 Å². The van der Waals surface area contributed by atoms with Crippen LogP contribution in [0.1, 0.15) is 22.5 Å². The number of hydrogen-bond acceptors (Lipinski definition) is 4. The second kappa shape index (κ2) is 5.57. The highest BCUT2D eigenvalue weighted by atomic mass is 35.5. The lowest BCUT2D eigenvalue weighted by molar-refractivity contribution is -0.430. The zero-order valence-corrected chi connectivity index (χ0v) is 18.7. The van der Waals surface area contributed by atoms with Crippen molar-refractivity contribution in [3.05, 3.63) is 40.3 Å². The van der Waals surface area contributed by atoms with E-state index in [4.69, 9.17) is 17.3 Å². The van der Waals surface area contributed by atoms with Crippen molar-refractivity contribution in [1.29, 1.82) is 5.26 Å². The van der Waals surface area contributed by atoms with Gasteiger partial charge in [0.05, 0.1) is 46.4 Å². The first-order valence-corrected chi connectivity index (χ1v) is 12.1. The molecule has 3 N–H and O–H groups in total. The van der Waals surface area contributed by atoms with Crippen LogP contribution in [0.5, 0.6) is 0 Å². The minimum Gasteiger partial charge on any atom is -0.365 e. The maximum atomic E-state index is 13.7. The van der Waals surface area contributed by atoms with Crippen LogP contribution in [0.15, 0.2) is 18.2 Å². The minimum absolute atomic E-state index is 0.0671. The van der Waals surface area contributed by atoms with Crippen molar-refractivity contribution in [2.45, 2.75) is 25.0 Å². The lowest BCUT2D eigenvalue weighted by atomic mass is 9.12. The molecular formula is C24H20ClFN6O2. The lowest BCUT2D eigenvalue weighted by Crippen LogP contribution is -2.99. The SMILES string of the molecule is N#CC12C3CC4C1C1C2C3C41NC(=O)N1CCn2nc(-c3ccc(F)c(Cl)c3)c(C(N)=O)c2C1. The fourth-order valence-corrected chi connectivity index (χ4v) is 9.44. The lowest BCUT2D eigenvalue weighted by Gasteiger charge is -2.92. The third-order valence-electron chi connectivity index (χ3n) is 10.2. The quantitative estimate of drug-likeness (QED) is 0.704. The van der Waals surface area contributed by atoms with Crippen LogP contribution >= 0.6 is 11.6 Å². The molecule has 2 heterocycles. The van der Waals surface area contributed by atoms with E-state index in [-0.39, 0.29) is 34.1 Å². The Morgan fingerprint density at radius 1 is 1.24 bits per heavy atom. The Bertz CT molecular complexity index is 1400. The molecule has 2 bridgehead atoms. The normalized spacial score (nSPS) is 40.7. The van der Waals surface area contributed by atoms with E-state index in [0.29, 0.717) is 65.5 Å². The van der Waals surface area contributed by atoms with Gasteiger partial charge in [0.1, 0.15) is 11.5 Å². The predicted molar refractivity (Wildman–Crippen MR) is 116 cm³/mol. The second-order valence-electron chi connectivity index (χ2n) is 10.8. The number of amides is 3. The molecule has 3 amide bonds. The van der Waals surface area contributed by atoms with Crippen molar-refractivity contribution < 1.29 is 14.0 Å². The summed E-state index contributed by atoms with van der Waals surface area (Å²) in [6.07, 6.45) is 1.07. The maximum absolute atomic E-state index is 13.7. The Hall–Kier alpha value is -3.12. The van der Waals surface area contributed by atoms with E-state index in [1.54, 1.807) is 9.58 Å². The number of nitrogens with two attached hydrogens (primary N) is 1. The molecule has 6 aliphatic carbocycles. The molecule has 6 fully saturated rings. The van der Waals surface area contributed by atoms with Gasteiger partial charge in [-0.2, -0.15) is 10.4 Å². The summed E-state index contributed by atoms with van der Waals surface area (Å²) in [6, 6.07) is 6.67. The topological polar surface area (TPSA) is 117 Å². The van der Waals surface area contributed by atoms with E-state index in [1.807, 2.05) is 0 Å². The average molecular weight is 479 g/mol. The highest BCUT2D eigenvalue weighted by molar-refractivity contribution is 6.31. The Kier molecular flexibility index (Phi) is 3.15. The highest BCUT2D eigenvalue weighted by Crippen LogP contribution is 3.00. The molecule has 10 heteroatoms. The van der Waals surface area contributed by atoms with E-state index >= 15 is 0 Å². The second-order valence-corrected chi connectivity index (χ2v) is 11.2. The molecule has 0 radical (unpaired) electrons. The molecule has 8 atom stereocenters. The van der Waals surface area contributed by atoms with Crippen molar-refractivity contribution in [1.82, 2.24) is 20.0 Å². The summed E-state index contributed by atoms with van der Waals surface area (Å²) >= 11 is 5.94. The number of nitrogens with one attached hydrogen (secondary N) is 1. The van der Waals surface area contributed by atoms with E-state index in [0.717, 1.165) is 6.42 Å². The van der Waals surface area contributed by atoms with Gasteiger partial charge in [0.15, 0.2) is 0 Å². The molecule has 7 aliphatic rings. The summed E-state index contributed by atoms with van der Waals surface area (Å²) in [5.41, 5.74) is 7.16. The molecule has 8 unspecified atom stereocenters. The number of rotatable bonds is 3. The number of nitriles is 1. The van der Waals surface area contributed by atoms with Crippen molar-refractivity contribution >= 4 is 23.5 Å². The molecule has 172 valence electrons. The van der Waals surface area contributed by atoms with Gasteiger partial charge in [-0.05, 0) is 60.1 Å². The highest BCUT2D eigenvalue weighted by Gasteiger charge is 3.04. The number of urea groups is 1. The number of fused-ring (bicyclic) bond motifs is 1. The van der Waals surface area contributed by atoms with Crippen LogP contribution in [0.2, 0.25) is 5.02 Å². The molecule has 6 saturated carbocycles. The van der Waals surface area contributed by atoms with Crippen molar-refractivity contribution in [2.75, 3.05) is 6.54 Å². The molecule has 8 nitrogen and oxygen atoms in total. The zero-order valence-electron chi connectivity index (χ0n) is 18.0. The Morgan fingerprint density at radius 3 is 2.74 bits per heavy atom. The largest absolute Gasteiger partial charge is 0.365 e. The number of halogens is 2. The number of benzene rings is 1. The van der Waals surface area contributed by atoms with Gasteiger partial charge in [-0.25, -0.2) is 9.18 Å². The fourth-order valence-electron chi connectivity index (χ4n) is 9.26. The smallest absolute Gasteiger partial charge is 0.318 e. The van der Waals surface area contributed by atoms with E-state index in [1.165, 1.54) is 18.2 Å². The van der Waals surface area contributed by atoms with Gasteiger partial charge in [0, 0.05) is 12.1 Å². The van der Waals surface area contributed by atoms with Gasteiger partial charge in [-0.1, -0.05) is 11.6 Å². The zero-order chi connectivity index (χ0) is 23.3. The van der Waals surface area contributed by atoms with Gasteiger partial charge in [-0.3, -0.25) is 9.48 Å². The molecule has 2 aromatic rings. The predicted octanol–water partition coefficient (Wildman–Crippen LogP) is 2.37. The number of carbonyl (C=O) groups excluding carboxylic acids is 2. The number of hydrogen-bond donors (Lipinski definition) is 2. The Morgan fingerprint density at radius 2 is 2.06 bits per heavy atom. The Balaban J connectivity index is 1.07. The first kappa shape index (κ1) is 19.2. The van der Waals surface area contributed by atoms with Crippen LogP contribution in [-0.4, -0.2) is 38.7 Å². The average Bonchev–Trinajstić information content (AvgIpc) is 3.18. The van der Waals surface area contributed by atoms with Gasteiger partial charge < -0.3 is 16.0 Å². The first-order valence-electron chi connectivity index (χ1n) is 11.7. The number of primary amides is 1. The summed E-state index contributed by atoms with van der Waals surface area (Å²) < 4.78 is 15.4. The van der Waals surface area contributed by atoms with Crippen LogP contribution in [0, 0.1) is 58.1 Å². The van der Waals surface area contributed by atoms with Gasteiger partial charge in [0.2, 0.25) is 0 Å². The molecule has 1 aromatic heterocycles. The van der Waals surface area contributed by atoms with Crippen molar-refractivity contribution in [3.8, 4) is 17.3 Å². The molecule has 0 saturated heterocycles. The minimum atomic E-state index is -0.654. The van der Waals surface area contributed by atoms with Crippen molar-refractivity contribution in [3.63, 3.8) is 0 Å². The summed E-state index contributed by atoms with van der Waals surface area (Å²) in [5.74, 6) is 1.58. The molecule has 9 rings (SSSR count). The van der Waals surface area contributed by atoms with E-state index in [2.05, 4.69) is 16.5 Å². The number of nitrogens with zero attached hydrogens (tertiary/aromatic N) is 4. The third-order valence-corrected chi connectivity index (χ3v) is 10.5. The summed E-state index contributed by atoms with van der Waals surface area (Å²) in [6.45, 7) is 1.09. The molecular weight excluding hydrogens is 459 g/mol. The monoisotopic (exact) mass is 478 g/mol. The standard InChI is InChI=1S/C24H20ClFN6O2/c25-12-5-9(1-2-13(12)26)20-15(21(28)33)14-7-31(3-4-32(14)30-20)22(34)29-24-11-6-10-17(24)18-19(24)16(11)23(10,18)8-27/h1-2,5,10-11,16-19H,3-4,6-7H2,(H2,28,33)(H,29,34). The summed E-state index contributed by atoms with van der Waals surface area (Å²) in [5, 5.41) is 17.6. The number of carbonyl (C=O) groups is 2. The molecule has 1 aliphatic heterocycles. The fraction of sp³-hybridized carbons (Fsp3) is 0.500. The molecule has 0 spiro atoms. The maximum Gasteiger partial charge on any atom is 0.318 e. The number of aromatic nitrogens is 2. The molecule has 34 heavy (non-hydrogen) atoms. The summed E-state index contributed by atoms with van der Waals surface area (Å²) in [4.78, 5) is 27.5. The molecule has 1 aromatic carbocycles.